The number of carbonyl (C=O) groups excluding carboxylic acids is 2. The molecule has 0 bridgehead atoms. The van der Waals surface area contributed by atoms with Crippen LogP contribution in [0.3, 0.4) is 0 Å². The van der Waals surface area contributed by atoms with Gasteiger partial charge in [0.1, 0.15) is 5.82 Å². The molecule has 0 spiro atoms. The first-order valence-corrected chi connectivity index (χ1v) is 11.9. The number of hydrogen-bond acceptors (Lipinski definition) is 5. The number of aliphatic imine (C=N–C) groups is 1. The number of nitrogens with zero attached hydrogens (tertiary/aromatic N) is 2. The first-order valence-electron chi connectivity index (χ1n) is 11.9. The second-order valence-electron chi connectivity index (χ2n) is 9.79. The van der Waals surface area contributed by atoms with Crippen molar-refractivity contribution in [2.75, 3.05) is 13.7 Å². The number of methoxy groups -OCH3 is 1. The van der Waals surface area contributed by atoms with E-state index in [4.69, 9.17) is 10.5 Å². The molecule has 1 aliphatic rings. The molecule has 0 unspecified atom stereocenters. The van der Waals surface area contributed by atoms with E-state index in [0.29, 0.717) is 24.5 Å². The summed E-state index contributed by atoms with van der Waals surface area (Å²) in [6.45, 7) is 6.57. The second kappa shape index (κ2) is 11.4. The maximum absolute atomic E-state index is 14.5. The lowest BCUT2D eigenvalue weighted by molar-refractivity contribution is -0.130. The fourth-order valence-corrected chi connectivity index (χ4v) is 4.63. The number of amides is 2. The van der Waals surface area contributed by atoms with E-state index in [1.165, 1.54) is 17.0 Å². The van der Waals surface area contributed by atoms with Crippen molar-refractivity contribution in [1.82, 2.24) is 10.2 Å². The van der Waals surface area contributed by atoms with E-state index in [-0.39, 0.29) is 36.4 Å². The fraction of sp³-hybridized carbons (Fsp3) is 0.444. The number of nitrogens with one attached hydrogen (secondary N) is 1. The molecule has 35 heavy (non-hydrogen) atoms. The second-order valence-corrected chi connectivity index (χ2v) is 9.79. The highest BCUT2D eigenvalue weighted by Crippen LogP contribution is 2.30. The van der Waals surface area contributed by atoms with Crippen LogP contribution in [0, 0.1) is 11.7 Å². The lowest BCUT2D eigenvalue weighted by Crippen LogP contribution is -2.50. The SMILES string of the molecule is COCC[C@H](NC(=O)c1cc(F)cc(CN2C(=O)C[C@@](C)(CC(C)C)N=C2N)c1)c1ccccc1. The van der Waals surface area contributed by atoms with E-state index >= 15 is 0 Å². The van der Waals surface area contributed by atoms with E-state index in [1.807, 2.05) is 37.3 Å². The Labute approximate surface area is 206 Å². The largest absolute Gasteiger partial charge is 0.385 e. The van der Waals surface area contributed by atoms with Crippen molar-refractivity contribution in [1.29, 1.82) is 0 Å². The van der Waals surface area contributed by atoms with Crippen LogP contribution in [0.15, 0.2) is 53.5 Å². The number of hydrogen-bond donors (Lipinski definition) is 2. The van der Waals surface area contributed by atoms with Crippen LogP contribution in [0.4, 0.5) is 4.39 Å². The number of guanidine groups is 1. The number of carbonyl (C=O) groups is 2. The summed E-state index contributed by atoms with van der Waals surface area (Å²) in [5.41, 5.74) is 7.17. The molecule has 0 radical (unpaired) electrons. The minimum absolute atomic E-state index is 0.0375. The minimum atomic E-state index is -0.564. The Morgan fingerprint density at radius 2 is 1.97 bits per heavy atom. The molecule has 8 heteroatoms. The summed E-state index contributed by atoms with van der Waals surface area (Å²) in [6, 6.07) is 13.3. The summed E-state index contributed by atoms with van der Waals surface area (Å²) < 4.78 is 19.7. The first kappa shape index (κ1) is 26.3. The molecule has 2 aromatic carbocycles. The summed E-state index contributed by atoms with van der Waals surface area (Å²) in [6.07, 6.45) is 1.54. The van der Waals surface area contributed by atoms with Gasteiger partial charge in [-0.25, -0.2) is 9.38 Å². The van der Waals surface area contributed by atoms with Crippen LogP contribution in [0.5, 0.6) is 0 Å². The maximum Gasteiger partial charge on any atom is 0.251 e. The highest BCUT2D eigenvalue weighted by atomic mass is 19.1. The Bertz CT molecular complexity index is 1070. The van der Waals surface area contributed by atoms with E-state index < -0.39 is 17.3 Å². The summed E-state index contributed by atoms with van der Waals surface area (Å²) in [5.74, 6) is -0.663. The van der Waals surface area contributed by atoms with Crippen LogP contribution >= 0.6 is 0 Å². The van der Waals surface area contributed by atoms with Crippen molar-refractivity contribution in [3.8, 4) is 0 Å². The number of nitrogens with two attached hydrogens (primary N) is 1. The molecular weight excluding hydrogens is 447 g/mol. The van der Waals surface area contributed by atoms with E-state index in [1.54, 1.807) is 13.2 Å². The average molecular weight is 483 g/mol. The van der Waals surface area contributed by atoms with Gasteiger partial charge in [-0.05, 0) is 55.0 Å². The molecule has 0 fully saturated rings. The van der Waals surface area contributed by atoms with Gasteiger partial charge in [0.25, 0.3) is 5.91 Å². The van der Waals surface area contributed by atoms with Crippen molar-refractivity contribution < 1.29 is 18.7 Å². The molecule has 2 amide bonds. The standard InChI is InChI=1S/C27H35FN4O3/c1-18(2)15-27(3)16-24(33)32(26(29)31-27)17-19-12-21(14-22(28)13-19)25(34)30-23(10-11-35-4)20-8-6-5-7-9-20/h5-9,12-14,18,23H,10-11,15-17H2,1-4H3,(H2,29,31)(H,30,34)/t23-,27+/m0/s1. The normalized spacial score (nSPS) is 19.0. The van der Waals surface area contributed by atoms with Crippen LogP contribution in [0.1, 0.15) is 67.6 Å². The molecule has 0 aromatic heterocycles. The smallest absolute Gasteiger partial charge is 0.251 e. The quantitative estimate of drug-likeness (QED) is 0.531. The summed E-state index contributed by atoms with van der Waals surface area (Å²) in [4.78, 5) is 31.9. The Morgan fingerprint density at radius 3 is 2.60 bits per heavy atom. The molecule has 0 saturated heterocycles. The number of halogens is 1. The van der Waals surface area contributed by atoms with Gasteiger partial charge in [-0.1, -0.05) is 44.2 Å². The third kappa shape index (κ3) is 7.11. The molecule has 3 N–H and O–H groups in total. The molecule has 1 aliphatic heterocycles. The molecule has 2 atom stereocenters. The van der Waals surface area contributed by atoms with E-state index in [2.05, 4.69) is 24.2 Å². The minimum Gasteiger partial charge on any atom is -0.385 e. The van der Waals surface area contributed by atoms with Crippen LogP contribution in [0.25, 0.3) is 0 Å². The molecule has 0 aliphatic carbocycles. The van der Waals surface area contributed by atoms with E-state index in [0.717, 1.165) is 12.0 Å². The van der Waals surface area contributed by atoms with Gasteiger partial charge in [-0.3, -0.25) is 14.5 Å². The Balaban J connectivity index is 1.79. The lowest BCUT2D eigenvalue weighted by atomic mass is 9.87. The van der Waals surface area contributed by atoms with Crippen LogP contribution in [-0.4, -0.2) is 41.9 Å². The zero-order valence-corrected chi connectivity index (χ0v) is 20.9. The van der Waals surface area contributed by atoms with Crippen molar-refractivity contribution in [3.63, 3.8) is 0 Å². The van der Waals surface area contributed by atoms with Gasteiger partial charge in [-0.15, -0.1) is 0 Å². The van der Waals surface area contributed by atoms with Crippen molar-refractivity contribution >= 4 is 17.8 Å². The molecule has 188 valence electrons. The topological polar surface area (TPSA) is 97.0 Å². The van der Waals surface area contributed by atoms with Gasteiger partial charge >= 0.3 is 0 Å². The van der Waals surface area contributed by atoms with Gasteiger partial charge in [0, 0.05) is 19.3 Å². The van der Waals surface area contributed by atoms with Gasteiger partial charge in [-0.2, -0.15) is 0 Å². The van der Waals surface area contributed by atoms with E-state index in [9.17, 15) is 14.0 Å². The molecule has 0 saturated carbocycles. The van der Waals surface area contributed by atoms with Gasteiger partial charge < -0.3 is 15.8 Å². The summed E-state index contributed by atoms with van der Waals surface area (Å²) >= 11 is 0. The molecule has 3 rings (SSSR count). The van der Waals surface area contributed by atoms with Gasteiger partial charge in [0.05, 0.1) is 24.5 Å². The maximum atomic E-state index is 14.5. The number of rotatable bonds is 10. The Kier molecular flexibility index (Phi) is 8.62. The van der Waals surface area contributed by atoms with Gasteiger partial charge in [0.15, 0.2) is 5.96 Å². The average Bonchev–Trinajstić information content (AvgIpc) is 2.78. The van der Waals surface area contributed by atoms with Crippen LogP contribution in [0.2, 0.25) is 0 Å². The molecule has 7 nitrogen and oxygen atoms in total. The highest BCUT2D eigenvalue weighted by Gasteiger charge is 2.36. The molecular formula is C27H35FN4O3. The monoisotopic (exact) mass is 482 g/mol. The van der Waals surface area contributed by atoms with Crippen LogP contribution in [-0.2, 0) is 16.1 Å². The third-order valence-corrected chi connectivity index (χ3v) is 6.02. The predicted molar refractivity (Wildman–Crippen MR) is 134 cm³/mol. The summed E-state index contributed by atoms with van der Waals surface area (Å²) in [7, 11) is 1.60. The van der Waals surface area contributed by atoms with Gasteiger partial charge in [0.2, 0.25) is 5.91 Å². The zero-order chi connectivity index (χ0) is 25.6. The molecule has 1 heterocycles. The highest BCUT2D eigenvalue weighted by molar-refractivity contribution is 5.99. The van der Waals surface area contributed by atoms with Crippen molar-refractivity contribution in [3.05, 3.63) is 71.0 Å². The van der Waals surface area contributed by atoms with Crippen LogP contribution < -0.4 is 11.1 Å². The Morgan fingerprint density at radius 1 is 1.26 bits per heavy atom. The first-order chi connectivity index (χ1) is 16.6. The van der Waals surface area contributed by atoms with Crippen molar-refractivity contribution in [2.45, 2.75) is 58.2 Å². The number of benzene rings is 2. The Hall–Kier alpha value is -3.26. The molecule has 2 aromatic rings. The summed E-state index contributed by atoms with van der Waals surface area (Å²) in [5, 5.41) is 2.97. The zero-order valence-electron chi connectivity index (χ0n) is 20.9. The van der Waals surface area contributed by atoms with Crippen molar-refractivity contribution in [2.24, 2.45) is 16.6 Å². The predicted octanol–water partition coefficient (Wildman–Crippen LogP) is 4.19. The number of ether oxygens (including phenoxy) is 1. The third-order valence-electron chi connectivity index (χ3n) is 6.02. The fourth-order valence-electron chi connectivity index (χ4n) is 4.63. The lowest BCUT2D eigenvalue weighted by Gasteiger charge is -2.36.